The van der Waals surface area contributed by atoms with Gasteiger partial charge >= 0.3 is 5.97 Å². The van der Waals surface area contributed by atoms with Gasteiger partial charge in [0.25, 0.3) is 5.91 Å². The maximum Gasteiger partial charge on any atom is 0.306 e. The van der Waals surface area contributed by atoms with Gasteiger partial charge in [0.15, 0.2) is 6.10 Å². The van der Waals surface area contributed by atoms with E-state index in [9.17, 15) is 9.59 Å². The quantitative estimate of drug-likeness (QED) is 0.831. The lowest BCUT2D eigenvalue weighted by atomic mass is 10.1. The lowest BCUT2D eigenvalue weighted by molar-refractivity contribution is -0.153. The number of aryl methyl sites for hydroxylation is 2. The van der Waals surface area contributed by atoms with Crippen molar-refractivity contribution in [3.63, 3.8) is 0 Å². The van der Waals surface area contributed by atoms with Crippen LogP contribution in [0.1, 0.15) is 24.5 Å². The fourth-order valence-corrected chi connectivity index (χ4v) is 2.15. The minimum absolute atomic E-state index is 0.256. The van der Waals surface area contributed by atoms with Crippen LogP contribution in [0.15, 0.2) is 54.6 Å². The second kappa shape index (κ2) is 8.13. The van der Waals surface area contributed by atoms with Crippen LogP contribution in [0.3, 0.4) is 0 Å². The van der Waals surface area contributed by atoms with Crippen molar-refractivity contribution in [2.24, 2.45) is 0 Å². The molecule has 0 saturated carbocycles. The first-order valence-corrected chi connectivity index (χ1v) is 7.66. The summed E-state index contributed by atoms with van der Waals surface area (Å²) < 4.78 is 5.19. The second-order valence-corrected chi connectivity index (χ2v) is 5.42. The van der Waals surface area contributed by atoms with E-state index in [1.54, 1.807) is 6.92 Å². The van der Waals surface area contributed by atoms with E-state index in [4.69, 9.17) is 4.74 Å². The lowest BCUT2D eigenvalue weighted by Gasteiger charge is -2.14. The molecule has 0 aliphatic heterocycles. The van der Waals surface area contributed by atoms with Crippen LogP contribution in [-0.4, -0.2) is 18.0 Å². The molecule has 0 heterocycles. The molecule has 1 N–H and O–H groups in total. The molecule has 120 valence electrons. The molecule has 2 aromatic carbocycles. The van der Waals surface area contributed by atoms with Crippen LogP contribution in [0.2, 0.25) is 0 Å². The van der Waals surface area contributed by atoms with Crippen molar-refractivity contribution < 1.29 is 14.3 Å². The van der Waals surface area contributed by atoms with Crippen LogP contribution >= 0.6 is 0 Å². The van der Waals surface area contributed by atoms with Gasteiger partial charge in [0.1, 0.15) is 0 Å². The molecule has 4 nitrogen and oxygen atoms in total. The van der Waals surface area contributed by atoms with Crippen LogP contribution in [-0.2, 0) is 20.7 Å². The van der Waals surface area contributed by atoms with Gasteiger partial charge in [0, 0.05) is 12.1 Å². The summed E-state index contributed by atoms with van der Waals surface area (Å²) >= 11 is 0. The third-order valence-electron chi connectivity index (χ3n) is 3.54. The molecule has 4 heteroatoms. The number of anilines is 1. The molecule has 2 rings (SSSR count). The number of ether oxygens (including phenoxy) is 1. The predicted octanol–water partition coefficient (Wildman–Crippen LogP) is 3.50. The van der Waals surface area contributed by atoms with E-state index in [-0.39, 0.29) is 18.3 Å². The molecular weight excluding hydrogens is 290 g/mol. The third kappa shape index (κ3) is 5.25. The molecular formula is C19H21NO3. The molecule has 1 amide bonds. The highest BCUT2D eigenvalue weighted by molar-refractivity contribution is 5.95. The number of hydrogen-bond acceptors (Lipinski definition) is 3. The molecule has 2 aromatic rings. The first kappa shape index (κ1) is 16.7. The minimum atomic E-state index is -0.821. The molecule has 0 spiro atoms. The number of para-hydroxylation sites is 1. The standard InChI is InChI=1S/C19H21NO3/c1-14-8-6-7-11-17(14)20-19(22)15(2)23-18(21)13-12-16-9-4-3-5-10-16/h3-11,15H,12-13H2,1-2H3,(H,20,22). The van der Waals surface area contributed by atoms with E-state index in [1.165, 1.54) is 0 Å². The Morgan fingerprint density at radius 2 is 1.70 bits per heavy atom. The molecule has 0 bridgehead atoms. The number of benzene rings is 2. The van der Waals surface area contributed by atoms with Gasteiger partial charge in [-0.3, -0.25) is 9.59 Å². The number of carbonyl (C=O) groups is 2. The van der Waals surface area contributed by atoms with E-state index in [0.717, 1.165) is 16.8 Å². The first-order valence-electron chi connectivity index (χ1n) is 7.66. The van der Waals surface area contributed by atoms with Gasteiger partial charge in [-0.25, -0.2) is 0 Å². The molecule has 0 saturated heterocycles. The number of amides is 1. The Morgan fingerprint density at radius 3 is 2.39 bits per heavy atom. The summed E-state index contributed by atoms with van der Waals surface area (Å²) in [5.41, 5.74) is 2.76. The Balaban J connectivity index is 1.81. The Kier molecular flexibility index (Phi) is 5.92. The van der Waals surface area contributed by atoms with Crippen molar-refractivity contribution in [2.45, 2.75) is 32.8 Å². The van der Waals surface area contributed by atoms with Gasteiger partial charge in [-0.05, 0) is 37.5 Å². The van der Waals surface area contributed by atoms with E-state index in [1.807, 2.05) is 61.5 Å². The van der Waals surface area contributed by atoms with Gasteiger partial charge in [0.05, 0.1) is 0 Å². The van der Waals surface area contributed by atoms with Crippen molar-refractivity contribution >= 4 is 17.6 Å². The van der Waals surface area contributed by atoms with E-state index >= 15 is 0 Å². The van der Waals surface area contributed by atoms with Crippen LogP contribution < -0.4 is 5.32 Å². The summed E-state index contributed by atoms with van der Waals surface area (Å²) in [5.74, 6) is -0.700. The van der Waals surface area contributed by atoms with Gasteiger partial charge in [-0.1, -0.05) is 48.5 Å². The zero-order chi connectivity index (χ0) is 16.7. The minimum Gasteiger partial charge on any atom is -0.453 e. The van der Waals surface area contributed by atoms with Crippen molar-refractivity contribution in [1.82, 2.24) is 0 Å². The highest BCUT2D eigenvalue weighted by Gasteiger charge is 2.18. The molecule has 1 atom stereocenters. The Labute approximate surface area is 136 Å². The maximum atomic E-state index is 12.1. The lowest BCUT2D eigenvalue weighted by Crippen LogP contribution is -2.30. The summed E-state index contributed by atoms with van der Waals surface area (Å²) in [7, 11) is 0. The van der Waals surface area contributed by atoms with Crippen LogP contribution in [0.4, 0.5) is 5.69 Å². The molecule has 0 aromatic heterocycles. The van der Waals surface area contributed by atoms with Crippen molar-refractivity contribution in [2.75, 3.05) is 5.32 Å². The van der Waals surface area contributed by atoms with Gasteiger partial charge in [-0.15, -0.1) is 0 Å². The monoisotopic (exact) mass is 311 g/mol. The average molecular weight is 311 g/mol. The number of esters is 1. The summed E-state index contributed by atoms with van der Waals surface area (Å²) in [6, 6.07) is 17.2. The summed E-state index contributed by atoms with van der Waals surface area (Å²) in [5, 5.41) is 2.77. The van der Waals surface area contributed by atoms with Gasteiger partial charge in [-0.2, -0.15) is 0 Å². The number of hydrogen-bond donors (Lipinski definition) is 1. The van der Waals surface area contributed by atoms with Crippen molar-refractivity contribution in [1.29, 1.82) is 0 Å². The Hall–Kier alpha value is -2.62. The average Bonchev–Trinajstić information content (AvgIpc) is 2.56. The summed E-state index contributed by atoms with van der Waals surface area (Å²) in [6.45, 7) is 3.49. The maximum absolute atomic E-state index is 12.1. The van der Waals surface area contributed by atoms with Crippen molar-refractivity contribution in [3.8, 4) is 0 Å². The molecule has 1 unspecified atom stereocenters. The summed E-state index contributed by atoms with van der Waals surface area (Å²) in [6.07, 6.45) is 0.0375. The molecule has 0 aliphatic carbocycles. The zero-order valence-electron chi connectivity index (χ0n) is 13.4. The van der Waals surface area contributed by atoms with Crippen LogP contribution in [0.25, 0.3) is 0 Å². The Morgan fingerprint density at radius 1 is 1.04 bits per heavy atom. The topological polar surface area (TPSA) is 55.4 Å². The summed E-state index contributed by atoms with van der Waals surface area (Å²) in [4.78, 5) is 23.9. The second-order valence-electron chi connectivity index (χ2n) is 5.42. The number of nitrogens with one attached hydrogen (secondary N) is 1. The zero-order valence-corrected chi connectivity index (χ0v) is 13.4. The van der Waals surface area contributed by atoms with Crippen LogP contribution in [0, 0.1) is 6.92 Å². The fourth-order valence-electron chi connectivity index (χ4n) is 2.15. The number of rotatable bonds is 6. The van der Waals surface area contributed by atoms with Gasteiger partial charge in [0.2, 0.25) is 0 Å². The largest absolute Gasteiger partial charge is 0.453 e. The number of carbonyl (C=O) groups excluding carboxylic acids is 2. The Bertz CT molecular complexity index is 667. The van der Waals surface area contributed by atoms with E-state index in [2.05, 4.69) is 5.32 Å². The molecule has 23 heavy (non-hydrogen) atoms. The first-order chi connectivity index (χ1) is 11.1. The molecule has 0 aliphatic rings. The molecule has 0 fully saturated rings. The van der Waals surface area contributed by atoms with Crippen LogP contribution in [0.5, 0.6) is 0 Å². The molecule has 0 radical (unpaired) electrons. The SMILES string of the molecule is Cc1ccccc1NC(=O)C(C)OC(=O)CCc1ccccc1. The third-order valence-corrected chi connectivity index (χ3v) is 3.54. The predicted molar refractivity (Wildman–Crippen MR) is 90.1 cm³/mol. The smallest absolute Gasteiger partial charge is 0.306 e. The highest BCUT2D eigenvalue weighted by Crippen LogP contribution is 2.14. The van der Waals surface area contributed by atoms with Gasteiger partial charge < -0.3 is 10.1 Å². The van der Waals surface area contributed by atoms with E-state index in [0.29, 0.717) is 6.42 Å². The normalized spacial score (nSPS) is 11.6. The van der Waals surface area contributed by atoms with E-state index < -0.39 is 6.10 Å². The fraction of sp³-hybridized carbons (Fsp3) is 0.263. The highest BCUT2D eigenvalue weighted by atomic mass is 16.5. The van der Waals surface area contributed by atoms with Crippen molar-refractivity contribution in [3.05, 3.63) is 65.7 Å².